The lowest BCUT2D eigenvalue weighted by Gasteiger charge is -2.41. The van der Waals surface area contributed by atoms with E-state index >= 15 is 0 Å². The molecule has 0 atom stereocenters. The minimum absolute atomic E-state index is 0.0433. The predicted octanol–water partition coefficient (Wildman–Crippen LogP) is 5.57. The summed E-state index contributed by atoms with van der Waals surface area (Å²) in [5.41, 5.74) is 2.12. The van der Waals surface area contributed by atoms with Gasteiger partial charge in [-0.2, -0.15) is 5.10 Å². The summed E-state index contributed by atoms with van der Waals surface area (Å²) in [4.78, 5) is 16.0. The number of carbonyl (C=O) groups is 1. The number of fused-ring (bicyclic) bond motifs is 1. The molecule has 1 N–H and O–H groups in total. The maximum absolute atomic E-state index is 13.9. The molecule has 2 heterocycles. The smallest absolute Gasteiger partial charge is 0.280 e. The number of aromatic nitrogens is 2. The number of halogens is 2. The van der Waals surface area contributed by atoms with Crippen LogP contribution in [0, 0.1) is 0 Å². The van der Waals surface area contributed by atoms with E-state index in [1.807, 2.05) is 0 Å². The number of carbonyl (C=O) groups excluding carboxylic acids is 1. The Hall–Kier alpha value is -2.18. The zero-order valence-electron chi connectivity index (χ0n) is 17.4. The van der Waals surface area contributed by atoms with E-state index in [-0.39, 0.29) is 23.7 Å². The zero-order chi connectivity index (χ0) is 20.7. The standard InChI is InChI=1S/C23H30F2N4O/c24-21(25)20-13-19(15-11-12-15)27-22-18(14-26-29(20)22)23(30)28(16-7-3-1-4-8-16)17-9-5-2-6-10-17/h13-14,16-17,21,27H,1-12H2. The second-order valence-electron chi connectivity index (χ2n) is 9.13. The molecule has 4 aliphatic rings. The molecule has 1 aliphatic heterocycles. The van der Waals surface area contributed by atoms with Gasteiger partial charge in [-0.1, -0.05) is 38.5 Å². The van der Waals surface area contributed by atoms with Crippen LogP contribution in [0.5, 0.6) is 0 Å². The van der Waals surface area contributed by atoms with Gasteiger partial charge in [-0.05, 0) is 50.2 Å². The molecule has 162 valence electrons. The molecule has 0 radical (unpaired) electrons. The highest BCUT2D eigenvalue weighted by Crippen LogP contribution is 2.39. The van der Waals surface area contributed by atoms with Gasteiger partial charge >= 0.3 is 0 Å². The second-order valence-corrected chi connectivity index (χ2v) is 9.13. The molecule has 5 rings (SSSR count). The van der Waals surface area contributed by atoms with Crippen LogP contribution in [0.25, 0.3) is 5.70 Å². The number of nitrogens with one attached hydrogen (secondary N) is 1. The first kappa shape index (κ1) is 19.8. The van der Waals surface area contributed by atoms with Gasteiger partial charge in [0.25, 0.3) is 12.3 Å². The molecule has 1 amide bonds. The summed E-state index contributed by atoms with van der Waals surface area (Å²) in [6.45, 7) is 0. The topological polar surface area (TPSA) is 50.2 Å². The van der Waals surface area contributed by atoms with Crippen molar-refractivity contribution in [3.05, 3.63) is 29.1 Å². The average molecular weight is 417 g/mol. The minimum atomic E-state index is -2.64. The Bertz CT molecular complexity index is 852. The molecule has 3 saturated carbocycles. The summed E-state index contributed by atoms with van der Waals surface area (Å²) in [6.07, 6.45) is 13.4. The van der Waals surface area contributed by atoms with Crippen molar-refractivity contribution in [2.24, 2.45) is 0 Å². The molecule has 30 heavy (non-hydrogen) atoms. The third-order valence-corrected chi connectivity index (χ3v) is 7.06. The van der Waals surface area contributed by atoms with Gasteiger partial charge in [-0.3, -0.25) is 4.79 Å². The molecule has 0 spiro atoms. The largest absolute Gasteiger partial charge is 0.339 e. The summed E-state index contributed by atoms with van der Waals surface area (Å²) in [5.74, 6) is 0.363. The highest BCUT2D eigenvalue weighted by atomic mass is 19.3. The Morgan fingerprint density at radius 3 is 2.17 bits per heavy atom. The number of nitrogens with zero attached hydrogens (tertiary/aromatic N) is 3. The van der Waals surface area contributed by atoms with Crippen LogP contribution in [0.15, 0.2) is 23.5 Å². The van der Waals surface area contributed by atoms with E-state index in [1.54, 1.807) is 0 Å². The molecular formula is C23H30F2N4O. The fraction of sp³-hybridized carbons (Fsp3) is 0.652. The molecule has 5 nitrogen and oxygen atoms in total. The molecule has 0 unspecified atom stereocenters. The van der Waals surface area contributed by atoms with Crippen molar-refractivity contribution in [3.63, 3.8) is 0 Å². The third-order valence-electron chi connectivity index (χ3n) is 7.06. The first-order valence-electron chi connectivity index (χ1n) is 11.5. The molecule has 7 heteroatoms. The minimum Gasteiger partial charge on any atom is -0.339 e. The normalized spacial score (nSPS) is 22.6. The molecule has 3 aliphatic carbocycles. The first-order chi connectivity index (χ1) is 14.6. The lowest BCUT2D eigenvalue weighted by Crippen LogP contribution is -2.48. The maximum Gasteiger partial charge on any atom is 0.280 e. The fourth-order valence-corrected chi connectivity index (χ4v) is 5.36. The summed E-state index contributed by atoms with van der Waals surface area (Å²) < 4.78 is 28.7. The summed E-state index contributed by atoms with van der Waals surface area (Å²) in [7, 11) is 0. The number of hydrogen-bond acceptors (Lipinski definition) is 3. The van der Waals surface area contributed by atoms with E-state index in [9.17, 15) is 13.6 Å². The average Bonchev–Trinajstić information content (AvgIpc) is 3.53. The summed E-state index contributed by atoms with van der Waals surface area (Å²) >= 11 is 0. The highest BCUT2D eigenvalue weighted by Gasteiger charge is 2.37. The predicted molar refractivity (Wildman–Crippen MR) is 112 cm³/mol. The molecule has 0 bridgehead atoms. The summed E-state index contributed by atoms with van der Waals surface area (Å²) in [5, 5.41) is 7.46. The maximum atomic E-state index is 13.9. The Kier molecular flexibility index (Phi) is 5.37. The molecule has 0 aromatic carbocycles. The van der Waals surface area contributed by atoms with Crippen LogP contribution in [0.1, 0.15) is 87.4 Å². The van der Waals surface area contributed by atoms with E-state index in [0.717, 1.165) is 69.8 Å². The second kappa shape index (κ2) is 8.16. The lowest BCUT2D eigenvalue weighted by atomic mass is 9.88. The van der Waals surface area contributed by atoms with E-state index in [0.29, 0.717) is 17.1 Å². The number of rotatable bonds is 4. The highest BCUT2D eigenvalue weighted by molar-refractivity contribution is 6.00. The van der Waals surface area contributed by atoms with Crippen molar-refractivity contribution in [1.29, 1.82) is 0 Å². The van der Waals surface area contributed by atoms with Crippen LogP contribution in [0.2, 0.25) is 0 Å². The van der Waals surface area contributed by atoms with Gasteiger partial charge in [0.05, 0.1) is 6.20 Å². The first-order valence-corrected chi connectivity index (χ1v) is 11.5. The number of amides is 1. The third kappa shape index (κ3) is 3.67. The van der Waals surface area contributed by atoms with Crippen molar-refractivity contribution in [2.45, 2.75) is 95.6 Å². The van der Waals surface area contributed by atoms with E-state index < -0.39 is 6.43 Å². The van der Waals surface area contributed by atoms with Crippen LogP contribution < -0.4 is 5.32 Å². The van der Waals surface area contributed by atoms with E-state index in [2.05, 4.69) is 15.3 Å². The Morgan fingerprint density at radius 1 is 1.03 bits per heavy atom. The van der Waals surface area contributed by atoms with E-state index in [4.69, 9.17) is 0 Å². The van der Waals surface area contributed by atoms with Crippen molar-refractivity contribution in [2.75, 3.05) is 5.32 Å². The number of allylic oxidation sites excluding steroid dienone is 3. The molecule has 0 saturated heterocycles. The molecular weight excluding hydrogens is 386 g/mol. The van der Waals surface area contributed by atoms with Crippen LogP contribution >= 0.6 is 0 Å². The van der Waals surface area contributed by atoms with Crippen LogP contribution in [0.3, 0.4) is 0 Å². The van der Waals surface area contributed by atoms with Gasteiger partial charge in [0.2, 0.25) is 0 Å². The van der Waals surface area contributed by atoms with Crippen molar-refractivity contribution in [1.82, 2.24) is 14.7 Å². The Labute approximate surface area is 176 Å². The number of anilines is 1. The Balaban J connectivity index is 1.50. The van der Waals surface area contributed by atoms with Crippen LogP contribution in [-0.4, -0.2) is 39.1 Å². The van der Waals surface area contributed by atoms with Crippen molar-refractivity contribution >= 4 is 17.4 Å². The molecule has 3 fully saturated rings. The van der Waals surface area contributed by atoms with Crippen molar-refractivity contribution < 1.29 is 13.6 Å². The number of hydrogen-bond donors (Lipinski definition) is 1. The van der Waals surface area contributed by atoms with Gasteiger partial charge in [-0.25, -0.2) is 13.5 Å². The van der Waals surface area contributed by atoms with Gasteiger partial charge in [-0.15, -0.1) is 0 Å². The van der Waals surface area contributed by atoms with Gasteiger partial charge < -0.3 is 10.2 Å². The fourth-order valence-electron chi connectivity index (χ4n) is 5.36. The number of alkyl halides is 2. The quantitative estimate of drug-likeness (QED) is 0.698. The zero-order valence-corrected chi connectivity index (χ0v) is 17.4. The van der Waals surface area contributed by atoms with Crippen LogP contribution in [-0.2, 0) is 0 Å². The summed E-state index contributed by atoms with van der Waals surface area (Å²) in [6, 6.07) is 0.500. The molecule has 1 aromatic rings. The van der Waals surface area contributed by atoms with Gasteiger partial charge in [0.1, 0.15) is 17.1 Å². The van der Waals surface area contributed by atoms with Crippen LogP contribution in [0.4, 0.5) is 14.6 Å². The van der Waals surface area contributed by atoms with Crippen molar-refractivity contribution in [3.8, 4) is 0 Å². The SMILES string of the molecule is O=C(c1cnn2c1NC(=C1CC1)C=C2C(F)F)N(C1CCCCC1)C1CCCCC1. The van der Waals surface area contributed by atoms with Gasteiger partial charge in [0, 0.05) is 17.8 Å². The lowest BCUT2D eigenvalue weighted by molar-refractivity contribution is 0.0449. The van der Waals surface area contributed by atoms with E-state index in [1.165, 1.54) is 29.8 Å². The Morgan fingerprint density at radius 2 is 1.63 bits per heavy atom. The van der Waals surface area contributed by atoms with Gasteiger partial charge in [0.15, 0.2) is 0 Å². The monoisotopic (exact) mass is 416 g/mol. The molecule has 1 aromatic heterocycles.